The molecule has 0 amide bonds. The van der Waals surface area contributed by atoms with Crippen LogP contribution in [0, 0.1) is 0 Å². The van der Waals surface area contributed by atoms with E-state index in [0.29, 0.717) is 22.2 Å². The van der Waals surface area contributed by atoms with Crippen molar-refractivity contribution in [2.24, 2.45) is 0 Å². The van der Waals surface area contributed by atoms with Gasteiger partial charge in [-0.2, -0.15) is 5.10 Å². The first kappa shape index (κ1) is 17.3. The van der Waals surface area contributed by atoms with Crippen LogP contribution in [0.3, 0.4) is 0 Å². The SMILES string of the molecule is O=CCc1ccc2cc(-c3cc(-c4ccncc4)n[nH]c3=O)n(C(=O)O)c2c1. The van der Waals surface area contributed by atoms with Crippen molar-refractivity contribution in [3.05, 3.63) is 70.8 Å². The minimum absolute atomic E-state index is 0.178. The van der Waals surface area contributed by atoms with E-state index in [1.165, 1.54) is 0 Å². The summed E-state index contributed by atoms with van der Waals surface area (Å²) in [6, 6.07) is 11.8. The molecule has 3 aromatic heterocycles. The molecule has 8 nitrogen and oxygen atoms in total. The Morgan fingerprint density at radius 2 is 1.93 bits per heavy atom. The number of pyridine rings is 1. The van der Waals surface area contributed by atoms with Gasteiger partial charge in [0.1, 0.15) is 6.29 Å². The normalized spacial score (nSPS) is 10.9. The molecule has 0 aliphatic heterocycles. The Balaban J connectivity index is 1.96. The molecule has 4 aromatic rings. The zero-order valence-electron chi connectivity index (χ0n) is 14.5. The zero-order chi connectivity index (χ0) is 19.7. The maximum atomic E-state index is 12.4. The molecule has 0 atom stereocenters. The molecule has 3 heterocycles. The highest BCUT2D eigenvalue weighted by molar-refractivity contribution is 5.96. The quantitative estimate of drug-likeness (QED) is 0.530. The van der Waals surface area contributed by atoms with E-state index in [-0.39, 0.29) is 17.7 Å². The summed E-state index contributed by atoms with van der Waals surface area (Å²) in [4.78, 5) is 39.1. The van der Waals surface area contributed by atoms with Crippen LogP contribution in [0.4, 0.5) is 4.79 Å². The monoisotopic (exact) mass is 374 g/mol. The molecule has 0 aliphatic rings. The number of carboxylic acid groups (broad SMARTS) is 1. The third-order valence-electron chi connectivity index (χ3n) is 4.43. The van der Waals surface area contributed by atoms with E-state index in [4.69, 9.17) is 0 Å². The fourth-order valence-corrected chi connectivity index (χ4v) is 3.14. The molecule has 0 bridgehead atoms. The van der Waals surface area contributed by atoms with Crippen molar-refractivity contribution in [2.75, 3.05) is 0 Å². The summed E-state index contributed by atoms with van der Waals surface area (Å²) in [5.74, 6) is 0. The largest absolute Gasteiger partial charge is 0.464 e. The molecule has 28 heavy (non-hydrogen) atoms. The smallest absolute Gasteiger partial charge is 0.416 e. The molecule has 0 unspecified atom stereocenters. The van der Waals surface area contributed by atoms with E-state index >= 15 is 0 Å². The van der Waals surface area contributed by atoms with Crippen LogP contribution in [-0.2, 0) is 11.2 Å². The number of benzene rings is 1. The Bertz CT molecular complexity index is 1260. The summed E-state index contributed by atoms with van der Waals surface area (Å²) in [7, 11) is 0. The maximum Gasteiger partial charge on any atom is 0.416 e. The first-order valence-corrected chi connectivity index (χ1v) is 8.40. The minimum atomic E-state index is -1.23. The summed E-state index contributed by atoms with van der Waals surface area (Å²) in [5.41, 5.74) is 2.22. The zero-order valence-corrected chi connectivity index (χ0v) is 14.5. The predicted octanol–water partition coefficient (Wildman–Crippen LogP) is 2.72. The molecule has 0 spiro atoms. The Morgan fingerprint density at radius 1 is 1.14 bits per heavy atom. The van der Waals surface area contributed by atoms with Gasteiger partial charge in [0.05, 0.1) is 22.5 Å². The van der Waals surface area contributed by atoms with Gasteiger partial charge in [-0.15, -0.1) is 0 Å². The van der Waals surface area contributed by atoms with Crippen LogP contribution < -0.4 is 5.56 Å². The number of nitrogens with zero attached hydrogens (tertiary/aromatic N) is 3. The average Bonchev–Trinajstić information content (AvgIpc) is 3.08. The molecule has 0 radical (unpaired) electrons. The molecule has 138 valence electrons. The Morgan fingerprint density at radius 3 is 2.64 bits per heavy atom. The molecular formula is C20H14N4O4. The van der Waals surface area contributed by atoms with E-state index < -0.39 is 11.7 Å². The van der Waals surface area contributed by atoms with E-state index in [0.717, 1.165) is 16.4 Å². The van der Waals surface area contributed by atoms with Crippen LogP contribution in [0.1, 0.15) is 5.56 Å². The summed E-state index contributed by atoms with van der Waals surface area (Å²) < 4.78 is 1.05. The Hall–Kier alpha value is -4.07. The summed E-state index contributed by atoms with van der Waals surface area (Å²) in [5, 5.41) is 16.9. The number of carbonyl (C=O) groups excluding carboxylic acids is 1. The fraction of sp³-hybridized carbons (Fsp3) is 0.0500. The topological polar surface area (TPSA) is 118 Å². The number of nitrogens with one attached hydrogen (secondary N) is 1. The van der Waals surface area contributed by atoms with Crippen LogP contribution in [0.2, 0.25) is 0 Å². The molecule has 4 rings (SSSR count). The van der Waals surface area contributed by atoms with Gasteiger partial charge in [-0.1, -0.05) is 12.1 Å². The van der Waals surface area contributed by atoms with E-state index in [2.05, 4.69) is 15.2 Å². The number of hydrogen-bond donors (Lipinski definition) is 2. The highest BCUT2D eigenvalue weighted by Crippen LogP contribution is 2.29. The first-order valence-electron chi connectivity index (χ1n) is 8.40. The third kappa shape index (κ3) is 2.96. The van der Waals surface area contributed by atoms with E-state index in [9.17, 15) is 19.5 Å². The van der Waals surface area contributed by atoms with Crippen LogP contribution in [0.25, 0.3) is 33.4 Å². The van der Waals surface area contributed by atoms with E-state index in [1.54, 1.807) is 54.9 Å². The molecular weight excluding hydrogens is 360 g/mol. The van der Waals surface area contributed by atoms with Gasteiger partial charge < -0.3 is 9.90 Å². The number of aldehydes is 1. The first-order chi connectivity index (χ1) is 13.6. The van der Waals surface area contributed by atoms with Crippen LogP contribution >= 0.6 is 0 Å². The van der Waals surface area contributed by atoms with Gasteiger partial charge in [0.25, 0.3) is 5.56 Å². The van der Waals surface area contributed by atoms with Crippen LogP contribution in [0.5, 0.6) is 0 Å². The highest BCUT2D eigenvalue weighted by atomic mass is 16.4. The summed E-state index contributed by atoms with van der Waals surface area (Å²) >= 11 is 0. The molecule has 2 N–H and O–H groups in total. The van der Waals surface area contributed by atoms with Crippen molar-refractivity contribution in [1.82, 2.24) is 19.7 Å². The molecule has 8 heteroatoms. The lowest BCUT2D eigenvalue weighted by atomic mass is 10.1. The van der Waals surface area contributed by atoms with Crippen molar-refractivity contribution >= 4 is 23.3 Å². The second kappa shape index (κ2) is 6.92. The highest BCUT2D eigenvalue weighted by Gasteiger charge is 2.19. The number of H-pyrrole nitrogens is 1. The van der Waals surface area contributed by atoms with Crippen molar-refractivity contribution in [2.45, 2.75) is 6.42 Å². The number of fused-ring (bicyclic) bond motifs is 1. The number of hydrogen-bond acceptors (Lipinski definition) is 5. The number of carbonyl (C=O) groups is 2. The lowest BCUT2D eigenvalue weighted by Crippen LogP contribution is -2.16. The van der Waals surface area contributed by atoms with Crippen LogP contribution in [0.15, 0.2) is 59.7 Å². The van der Waals surface area contributed by atoms with Crippen molar-refractivity contribution < 1.29 is 14.7 Å². The van der Waals surface area contributed by atoms with Gasteiger partial charge in [-0.3, -0.25) is 9.78 Å². The van der Waals surface area contributed by atoms with Gasteiger partial charge in [0.2, 0.25) is 0 Å². The summed E-state index contributed by atoms with van der Waals surface area (Å²) in [6.07, 6.45) is 2.91. The van der Waals surface area contributed by atoms with Crippen LogP contribution in [-0.4, -0.2) is 37.2 Å². The van der Waals surface area contributed by atoms with Gasteiger partial charge >= 0.3 is 6.09 Å². The van der Waals surface area contributed by atoms with Crippen molar-refractivity contribution in [1.29, 1.82) is 0 Å². The number of aromatic nitrogens is 4. The maximum absolute atomic E-state index is 12.4. The standard InChI is InChI=1S/C20H14N4O4/c25-8-5-12-1-2-14-10-18(24(20(27)28)17(14)9-12)15-11-16(22-23-19(15)26)13-3-6-21-7-4-13/h1-4,6-11H,5H2,(H,23,26)(H,27,28). The van der Waals surface area contributed by atoms with Gasteiger partial charge in [0, 0.05) is 29.8 Å². The van der Waals surface area contributed by atoms with Gasteiger partial charge in [0.15, 0.2) is 0 Å². The lowest BCUT2D eigenvalue weighted by Gasteiger charge is -2.07. The predicted molar refractivity (Wildman–Crippen MR) is 102 cm³/mol. The number of aromatic amines is 1. The number of rotatable bonds is 4. The lowest BCUT2D eigenvalue weighted by molar-refractivity contribution is -0.107. The molecule has 0 saturated carbocycles. The van der Waals surface area contributed by atoms with E-state index in [1.807, 2.05) is 0 Å². The molecule has 1 aromatic carbocycles. The third-order valence-corrected chi connectivity index (χ3v) is 4.43. The Labute approximate surface area is 158 Å². The molecule has 0 aliphatic carbocycles. The average molecular weight is 374 g/mol. The molecule has 0 fully saturated rings. The summed E-state index contributed by atoms with van der Waals surface area (Å²) in [6.45, 7) is 0. The second-order valence-electron chi connectivity index (χ2n) is 6.14. The minimum Gasteiger partial charge on any atom is -0.464 e. The van der Waals surface area contributed by atoms with Crippen molar-refractivity contribution in [3.8, 4) is 22.5 Å². The van der Waals surface area contributed by atoms with Gasteiger partial charge in [-0.25, -0.2) is 14.5 Å². The second-order valence-corrected chi connectivity index (χ2v) is 6.14. The van der Waals surface area contributed by atoms with Crippen molar-refractivity contribution in [3.63, 3.8) is 0 Å². The van der Waals surface area contributed by atoms with Gasteiger partial charge in [-0.05, 0) is 35.9 Å². The molecule has 0 saturated heterocycles. The Kier molecular flexibility index (Phi) is 4.29. The fourth-order valence-electron chi connectivity index (χ4n) is 3.14.